The minimum Gasteiger partial charge on any atom is -0.320 e. The number of nitro groups is 1. The molecule has 0 atom stereocenters. The molecule has 2 aromatic carbocycles. The number of hydrogen-bond donors (Lipinski definition) is 1. The van der Waals surface area contributed by atoms with Crippen LogP contribution in [0.4, 0.5) is 11.4 Å². The van der Waals surface area contributed by atoms with Crippen LogP contribution in [0.2, 0.25) is 0 Å². The van der Waals surface area contributed by atoms with E-state index in [0.29, 0.717) is 27.8 Å². The van der Waals surface area contributed by atoms with Gasteiger partial charge in [0.05, 0.1) is 22.3 Å². The van der Waals surface area contributed by atoms with Crippen molar-refractivity contribution in [3.8, 4) is 0 Å². The van der Waals surface area contributed by atoms with Crippen molar-refractivity contribution in [3.05, 3.63) is 57.6 Å². The van der Waals surface area contributed by atoms with Crippen LogP contribution in [-0.2, 0) is 0 Å². The predicted molar refractivity (Wildman–Crippen MR) is 83.2 cm³/mol. The molecule has 8 heteroatoms. The van der Waals surface area contributed by atoms with Gasteiger partial charge >= 0.3 is 0 Å². The monoisotopic (exact) mass is 314 g/mol. The number of benzene rings is 2. The molecule has 0 saturated carbocycles. The summed E-state index contributed by atoms with van der Waals surface area (Å²) < 4.78 is 8.26. The van der Waals surface area contributed by atoms with Gasteiger partial charge in [-0.2, -0.15) is 8.75 Å². The van der Waals surface area contributed by atoms with E-state index in [1.54, 1.807) is 19.1 Å². The number of rotatable bonds is 3. The zero-order chi connectivity index (χ0) is 15.7. The summed E-state index contributed by atoms with van der Waals surface area (Å²) in [6.07, 6.45) is 0. The van der Waals surface area contributed by atoms with Gasteiger partial charge in [0.1, 0.15) is 11.0 Å². The van der Waals surface area contributed by atoms with E-state index in [1.807, 2.05) is 6.07 Å². The Bertz CT molecular complexity index is 891. The smallest absolute Gasteiger partial charge is 0.272 e. The first kappa shape index (κ1) is 14.1. The van der Waals surface area contributed by atoms with E-state index in [-0.39, 0.29) is 11.6 Å². The second-order valence-corrected chi connectivity index (χ2v) is 5.18. The van der Waals surface area contributed by atoms with Crippen molar-refractivity contribution in [3.63, 3.8) is 0 Å². The third kappa shape index (κ3) is 2.51. The first-order chi connectivity index (χ1) is 10.6. The van der Waals surface area contributed by atoms with Crippen LogP contribution in [0, 0.1) is 17.0 Å². The van der Waals surface area contributed by atoms with Crippen LogP contribution in [0.3, 0.4) is 0 Å². The Morgan fingerprint density at radius 1 is 1.27 bits per heavy atom. The fraction of sp³-hybridized carbons (Fsp3) is 0.0714. The van der Waals surface area contributed by atoms with Crippen molar-refractivity contribution in [2.45, 2.75) is 6.92 Å². The Kier molecular flexibility index (Phi) is 3.51. The molecule has 0 radical (unpaired) electrons. The van der Waals surface area contributed by atoms with Gasteiger partial charge in [-0.15, -0.1) is 0 Å². The fourth-order valence-corrected chi connectivity index (χ4v) is 2.65. The van der Waals surface area contributed by atoms with Gasteiger partial charge in [0.2, 0.25) is 0 Å². The van der Waals surface area contributed by atoms with Crippen molar-refractivity contribution in [1.29, 1.82) is 0 Å². The molecule has 0 saturated heterocycles. The number of anilines is 1. The molecule has 7 nitrogen and oxygen atoms in total. The second kappa shape index (κ2) is 5.49. The molecule has 1 amide bonds. The molecular formula is C14H10N4O3S. The van der Waals surface area contributed by atoms with Gasteiger partial charge in [0.25, 0.3) is 11.6 Å². The number of nitrogens with zero attached hydrogens (tertiary/aromatic N) is 3. The molecule has 3 aromatic rings. The van der Waals surface area contributed by atoms with Crippen molar-refractivity contribution in [1.82, 2.24) is 8.75 Å². The third-order valence-electron chi connectivity index (χ3n) is 3.19. The van der Waals surface area contributed by atoms with Crippen LogP contribution in [0.1, 0.15) is 15.9 Å². The summed E-state index contributed by atoms with van der Waals surface area (Å²) in [5, 5.41) is 13.6. The predicted octanol–water partition coefficient (Wildman–Crippen LogP) is 3.16. The molecule has 0 fully saturated rings. The summed E-state index contributed by atoms with van der Waals surface area (Å²) in [7, 11) is 0. The number of amides is 1. The maximum absolute atomic E-state index is 12.3. The quantitative estimate of drug-likeness (QED) is 0.591. The van der Waals surface area contributed by atoms with Crippen LogP contribution in [0.5, 0.6) is 0 Å². The first-order valence-corrected chi connectivity index (χ1v) is 7.07. The molecule has 1 N–H and O–H groups in total. The molecule has 1 heterocycles. The highest BCUT2D eigenvalue weighted by Crippen LogP contribution is 2.23. The van der Waals surface area contributed by atoms with E-state index in [1.165, 1.54) is 18.2 Å². The highest BCUT2D eigenvalue weighted by Gasteiger charge is 2.15. The summed E-state index contributed by atoms with van der Waals surface area (Å²) >= 11 is 1.07. The van der Waals surface area contributed by atoms with Gasteiger partial charge in [0.15, 0.2) is 0 Å². The molecular weight excluding hydrogens is 304 g/mol. The fourth-order valence-electron chi connectivity index (χ4n) is 2.10. The lowest BCUT2D eigenvalue weighted by Gasteiger charge is -2.06. The van der Waals surface area contributed by atoms with Crippen molar-refractivity contribution in [2.75, 3.05) is 5.32 Å². The zero-order valence-corrected chi connectivity index (χ0v) is 12.3. The Morgan fingerprint density at radius 2 is 2.09 bits per heavy atom. The largest absolute Gasteiger partial charge is 0.320 e. The number of carbonyl (C=O) groups excluding carboxylic acids is 1. The molecule has 0 bridgehead atoms. The van der Waals surface area contributed by atoms with Crippen LogP contribution < -0.4 is 5.32 Å². The van der Waals surface area contributed by atoms with Gasteiger partial charge in [-0.25, -0.2) is 0 Å². The molecule has 22 heavy (non-hydrogen) atoms. The minimum absolute atomic E-state index is 0.0117. The highest BCUT2D eigenvalue weighted by molar-refractivity contribution is 7.00. The van der Waals surface area contributed by atoms with Crippen LogP contribution in [-0.4, -0.2) is 19.6 Å². The number of hydrogen-bond acceptors (Lipinski definition) is 6. The van der Waals surface area contributed by atoms with E-state index in [0.717, 1.165) is 11.7 Å². The lowest BCUT2D eigenvalue weighted by Crippen LogP contribution is -2.12. The molecule has 0 aliphatic heterocycles. The minimum atomic E-state index is -0.474. The molecule has 3 rings (SSSR count). The lowest BCUT2D eigenvalue weighted by molar-refractivity contribution is -0.385. The topological polar surface area (TPSA) is 98.0 Å². The molecule has 1 aromatic heterocycles. The highest BCUT2D eigenvalue weighted by atomic mass is 32.1. The number of aromatic nitrogens is 2. The lowest BCUT2D eigenvalue weighted by atomic mass is 10.1. The normalized spacial score (nSPS) is 10.6. The number of aryl methyl sites for hydroxylation is 1. The maximum atomic E-state index is 12.3. The van der Waals surface area contributed by atoms with Gasteiger partial charge < -0.3 is 5.32 Å². The summed E-state index contributed by atoms with van der Waals surface area (Å²) in [5.41, 5.74) is 2.67. The molecule has 0 aliphatic rings. The van der Waals surface area contributed by atoms with Gasteiger partial charge in [0, 0.05) is 17.2 Å². The van der Waals surface area contributed by atoms with E-state index in [2.05, 4.69) is 14.1 Å². The van der Waals surface area contributed by atoms with Gasteiger partial charge in [-0.05, 0) is 31.2 Å². The van der Waals surface area contributed by atoms with Gasteiger partial charge in [-0.3, -0.25) is 14.9 Å². The van der Waals surface area contributed by atoms with E-state index in [9.17, 15) is 14.9 Å². The number of carbonyl (C=O) groups is 1. The van der Waals surface area contributed by atoms with Crippen molar-refractivity contribution < 1.29 is 9.72 Å². The standard InChI is InChI=1S/C14H10N4O3S/c1-8-7-9(5-6-12(8)18(20)21)14(19)15-10-3-2-4-11-13(10)17-22-16-11/h2-7H,1H3,(H,15,19). The summed E-state index contributed by atoms with van der Waals surface area (Å²) in [6.45, 7) is 1.60. The van der Waals surface area contributed by atoms with E-state index < -0.39 is 4.92 Å². The molecule has 110 valence electrons. The number of nitrogens with one attached hydrogen (secondary N) is 1. The Balaban J connectivity index is 1.90. The number of fused-ring (bicyclic) bond motifs is 1. The third-order valence-corrected chi connectivity index (χ3v) is 3.73. The number of nitro benzene ring substituents is 1. The summed E-state index contributed by atoms with van der Waals surface area (Å²) in [5.74, 6) is -0.349. The van der Waals surface area contributed by atoms with Gasteiger partial charge in [-0.1, -0.05) is 6.07 Å². The van der Waals surface area contributed by atoms with Crippen LogP contribution in [0.15, 0.2) is 36.4 Å². The Morgan fingerprint density at radius 3 is 2.82 bits per heavy atom. The molecule has 0 aliphatic carbocycles. The average Bonchev–Trinajstić information content (AvgIpc) is 2.96. The summed E-state index contributed by atoms with van der Waals surface area (Å²) in [4.78, 5) is 22.6. The zero-order valence-electron chi connectivity index (χ0n) is 11.4. The Hall–Kier alpha value is -2.87. The second-order valence-electron chi connectivity index (χ2n) is 4.65. The van der Waals surface area contributed by atoms with Crippen LogP contribution >= 0.6 is 11.7 Å². The average molecular weight is 314 g/mol. The molecule has 0 spiro atoms. The van der Waals surface area contributed by atoms with Crippen molar-refractivity contribution in [2.24, 2.45) is 0 Å². The van der Waals surface area contributed by atoms with E-state index in [4.69, 9.17) is 0 Å². The summed E-state index contributed by atoms with van der Waals surface area (Å²) in [6, 6.07) is 9.58. The van der Waals surface area contributed by atoms with E-state index >= 15 is 0 Å². The van der Waals surface area contributed by atoms with Crippen LogP contribution in [0.25, 0.3) is 11.0 Å². The SMILES string of the molecule is Cc1cc(C(=O)Nc2cccc3nsnc23)ccc1[N+](=O)[O-]. The van der Waals surface area contributed by atoms with Crippen molar-refractivity contribution >= 4 is 40.0 Å². The maximum Gasteiger partial charge on any atom is 0.272 e. The first-order valence-electron chi connectivity index (χ1n) is 6.34. The Labute approximate surface area is 129 Å². The molecule has 0 unspecified atom stereocenters.